The highest BCUT2D eigenvalue weighted by atomic mass is 32.2. The van der Waals surface area contributed by atoms with Crippen LogP contribution in [0, 0.1) is 24.2 Å². The number of sulfonamides is 1. The molecule has 0 bridgehead atoms. The summed E-state index contributed by atoms with van der Waals surface area (Å²) in [4.78, 5) is 12.6. The van der Waals surface area contributed by atoms with E-state index in [9.17, 15) is 13.2 Å². The molecule has 0 saturated heterocycles. The number of aryl methyl sites for hydroxylation is 1. The number of hydrogen-bond acceptors (Lipinski definition) is 3. The average molecular weight is 360 g/mol. The summed E-state index contributed by atoms with van der Waals surface area (Å²) in [6, 6.07) is 7.58. The van der Waals surface area contributed by atoms with Crippen LogP contribution in [0.15, 0.2) is 47.4 Å². The molecule has 0 aliphatic heterocycles. The number of rotatable bonds is 4. The van der Waals surface area contributed by atoms with Crippen LogP contribution in [-0.2, 0) is 10.0 Å². The average Bonchev–Trinajstić information content (AvgIpc) is 3.07. The van der Waals surface area contributed by atoms with Gasteiger partial charge < -0.3 is 5.32 Å². The first-order chi connectivity index (χ1) is 11.6. The highest BCUT2D eigenvalue weighted by Crippen LogP contribution is 2.57. The number of allylic oxidation sites excluding steroid dienone is 3. The maximum atomic E-state index is 12.5. The highest BCUT2D eigenvalue weighted by Gasteiger charge is 2.60. The van der Waals surface area contributed by atoms with Crippen LogP contribution < -0.4 is 10.5 Å². The van der Waals surface area contributed by atoms with Gasteiger partial charge in [-0.1, -0.05) is 43.7 Å². The van der Waals surface area contributed by atoms with E-state index < -0.39 is 10.0 Å². The predicted octanol–water partition coefficient (Wildman–Crippen LogP) is 2.50. The molecule has 0 spiro atoms. The molecular weight excluding hydrogens is 336 g/mol. The molecular formula is C19H24N2O3S. The van der Waals surface area contributed by atoms with Crippen molar-refractivity contribution in [3.63, 3.8) is 0 Å². The molecule has 3 N–H and O–H groups in total. The van der Waals surface area contributed by atoms with Gasteiger partial charge in [0.15, 0.2) is 0 Å². The molecule has 1 unspecified atom stereocenters. The molecule has 0 radical (unpaired) electrons. The van der Waals surface area contributed by atoms with Crippen LogP contribution in [0.25, 0.3) is 0 Å². The molecule has 25 heavy (non-hydrogen) atoms. The predicted molar refractivity (Wildman–Crippen MR) is 98.1 cm³/mol. The molecule has 1 fully saturated rings. The van der Waals surface area contributed by atoms with Gasteiger partial charge in [-0.15, -0.1) is 0 Å². The molecule has 0 aromatic heterocycles. The van der Waals surface area contributed by atoms with E-state index in [0.717, 1.165) is 5.56 Å². The van der Waals surface area contributed by atoms with E-state index in [-0.39, 0.29) is 34.1 Å². The lowest BCUT2D eigenvalue weighted by molar-refractivity contribution is 0.0944. The van der Waals surface area contributed by atoms with E-state index in [1.54, 1.807) is 12.2 Å². The second-order valence-corrected chi connectivity index (χ2v) is 9.14. The molecule has 3 rings (SSSR count). The molecule has 2 aliphatic rings. The van der Waals surface area contributed by atoms with E-state index >= 15 is 0 Å². The Morgan fingerprint density at radius 2 is 1.88 bits per heavy atom. The Morgan fingerprint density at radius 1 is 1.24 bits per heavy atom. The number of carbonyl (C=O) groups excluding carboxylic acids is 1. The van der Waals surface area contributed by atoms with Gasteiger partial charge in [0.2, 0.25) is 10.0 Å². The SMILES string of the molecule is Cc1ccc(C(=O)N[C@H]2[C@H](C3C=CC(S(N)(=O)=O)=CC3)C2(C)C)cc1. The van der Waals surface area contributed by atoms with Crippen molar-refractivity contribution in [1.82, 2.24) is 5.32 Å². The van der Waals surface area contributed by atoms with Crippen molar-refractivity contribution >= 4 is 15.9 Å². The lowest BCUT2D eigenvalue weighted by Gasteiger charge is -2.16. The first kappa shape index (κ1) is 17.9. The largest absolute Gasteiger partial charge is 0.348 e. The highest BCUT2D eigenvalue weighted by molar-refractivity contribution is 7.93. The first-order valence-corrected chi connectivity index (χ1v) is 9.94. The third-order valence-corrected chi connectivity index (χ3v) is 6.36. The summed E-state index contributed by atoms with van der Waals surface area (Å²) in [6.07, 6.45) is 5.78. The zero-order chi connectivity index (χ0) is 18.4. The Labute approximate surface area is 149 Å². The lowest BCUT2D eigenvalue weighted by Crippen LogP contribution is -2.29. The van der Waals surface area contributed by atoms with Crippen molar-refractivity contribution in [3.05, 3.63) is 58.5 Å². The van der Waals surface area contributed by atoms with Crippen molar-refractivity contribution in [1.29, 1.82) is 0 Å². The molecule has 3 atom stereocenters. The zero-order valence-corrected chi connectivity index (χ0v) is 15.5. The van der Waals surface area contributed by atoms with Gasteiger partial charge in [-0.3, -0.25) is 4.79 Å². The number of amides is 1. The minimum atomic E-state index is -3.65. The summed E-state index contributed by atoms with van der Waals surface area (Å²) in [5.74, 6) is 0.404. The van der Waals surface area contributed by atoms with Crippen molar-refractivity contribution in [2.75, 3.05) is 0 Å². The van der Waals surface area contributed by atoms with E-state index in [4.69, 9.17) is 5.14 Å². The van der Waals surface area contributed by atoms with Crippen LogP contribution in [0.1, 0.15) is 36.2 Å². The van der Waals surface area contributed by atoms with Gasteiger partial charge in [0.05, 0.1) is 4.91 Å². The number of nitrogens with one attached hydrogen (secondary N) is 1. The van der Waals surface area contributed by atoms with Gasteiger partial charge in [-0.05, 0) is 48.8 Å². The summed E-state index contributed by atoms with van der Waals surface area (Å²) in [5.41, 5.74) is 1.75. The first-order valence-electron chi connectivity index (χ1n) is 8.39. The zero-order valence-electron chi connectivity index (χ0n) is 14.7. The summed E-state index contributed by atoms with van der Waals surface area (Å²) >= 11 is 0. The van der Waals surface area contributed by atoms with Crippen molar-refractivity contribution in [2.45, 2.75) is 33.2 Å². The molecule has 2 aliphatic carbocycles. The van der Waals surface area contributed by atoms with E-state index in [1.165, 1.54) is 0 Å². The van der Waals surface area contributed by atoms with E-state index in [0.29, 0.717) is 12.0 Å². The van der Waals surface area contributed by atoms with Crippen LogP contribution >= 0.6 is 0 Å². The molecule has 1 aromatic rings. The summed E-state index contributed by atoms with van der Waals surface area (Å²) in [6.45, 7) is 6.25. The monoisotopic (exact) mass is 360 g/mol. The number of benzene rings is 1. The molecule has 1 aromatic carbocycles. The maximum Gasteiger partial charge on any atom is 0.251 e. The summed E-state index contributed by atoms with van der Waals surface area (Å²) < 4.78 is 22.8. The fraction of sp³-hybridized carbons (Fsp3) is 0.421. The minimum absolute atomic E-state index is 0.0255. The Balaban J connectivity index is 1.67. The third-order valence-electron chi connectivity index (χ3n) is 5.40. The number of nitrogens with two attached hydrogens (primary N) is 1. The van der Waals surface area contributed by atoms with Gasteiger partial charge in [-0.25, -0.2) is 13.6 Å². The second-order valence-electron chi connectivity index (χ2n) is 7.57. The number of primary sulfonamides is 1. The summed E-state index contributed by atoms with van der Waals surface area (Å²) in [7, 11) is -3.65. The van der Waals surface area contributed by atoms with Gasteiger partial charge >= 0.3 is 0 Å². The van der Waals surface area contributed by atoms with Gasteiger partial charge in [0.25, 0.3) is 5.91 Å². The smallest absolute Gasteiger partial charge is 0.251 e. The second kappa shape index (κ2) is 6.11. The molecule has 0 heterocycles. The number of carbonyl (C=O) groups is 1. The van der Waals surface area contributed by atoms with Crippen LogP contribution in [0.2, 0.25) is 0 Å². The van der Waals surface area contributed by atoms with Crippen molar-refractivity contribution in [3.8, 4) is 0 Å². The molecule has 134 valence electrons. The van der Waals surface area contributed by atoms with Crippen LogP contribution in [0.4, 0.5) is 0 Å². The van der Waals surface area contributed by atoms with Gasteiger partial charge in [0.1, 0.15) is 0 Å². The molecule has 5 nitrogen and oxygen atoms in total. The quantitative estimate of drug-likeness (QED) is 0.864. The molecule has 1 amide bonds. The van der Waals surface area contributed by atoms with Gasteiger partial charge in [-0.2, -0.15) is 0 Å². The standard InChI is InChI=1S/C19H24N2O3S/c1-12-4-6-14(7-5-12)18(22)21-17-16(19(17,2)3)13-8-10-15(11-9-13)25(20,23)24/h4-8,10-11,13,16-17H,9H2,1-3H3,(H,21,22)(H2,20,23,24)/t13?,16-,17-/m0/s1. The third kappa shape index (κ3) is 3.55. The Bertz CT molecular complexity index is 851. The fourth-order valence-electron chi connectivity index (χ4n) is 3.78. The Kier molecular flexibility index (Phi) is 4.37. The normalized spacial score (nSPS) is 27.5. The van der Waals surface area contributed by atoms with Crippen molar-refractivity contribution < 1.29 is 13.2 Å². The van der Waals surface area contributed by atoms with E-state index in [1.807, 2.05) is 37.3 Å². The van der Waals surface area contributed by atoms with E-state index in [2.05, 4.69) is 19.2 Å². The Morgan fingerprint density at radius 3 is 2.40 bits per heavy atom. The van der Waals surface area contributed by atoms with Crippen LogP contribution in [0.3, 0.4) is 0 Å². The lowest BCUT2D eigenvalue weighted by atomic mass is 9.91. The molecule has 1 saturated carbocycles. The van der Waals surface area contributed by atoms with Crippen LogP contribution in [0.5, 0.6) is 0 Å². The van der Waals surface area contributed by atoms with Crippen molar-refractivity contribution in [2.24, 2.45) is 22.4 Å². The molecule has 6 heteroatoms. The Hall–Kier alpha value is -1.92. The fourth-order valence-corrected chi connectivity index (χ4v) is 4.37. The maximum absolute atomic E-state index is 12.5. The summed E-state index contributed by atoms with van der Waals surface area (Å²) in [5, 5.41) is 8.30. The van der Waals surface area contributed by atoms with Crippen LogP contribution in [-0.4, -0.2) is 20.4 Å². The van der Waals surface area contributed by atoms with Gasteiger partial charge in [0, 0.05) is 11.6 Å². The number of hydrogen-bond donors (Lipinski definition) is 2. The minimum Gasteiger partial charge on any atom is -0.348 e. The topological polar surface area (TPSA) is 89.3 Å².